The number of hydrogen-bond donors (Lipinski definition) is 2. The van der Waals surface area contributed by atoms with Crippen LogP contribution < -0.4 is 5.32 Å². The number of carbonyl (C=O) groups excluding carboxylic acids is 4. The highest BCUT2D eigenvalue weighted by molar-refractivity contribution is 5.76. The Morgan fingerprint density at radius 1 is 0.402 bits per heavy atom. The van der Waals surface area contributed by atoms with Crippen LogP contribution in [0.25, 0.3) is 0 Å². The number of amides is 1. The van der Waals surface area contributed by atoms with E-state index in [1.165, 1.54) is 0 Å². The quantitative estimate of drug-likeness (QED) is 0.0257. The number of benzene rings is 5. The molecule has 0 aliphatic carbocycles. The normalized spacial score (nSPS) is 26.3. The van der Waals surface area contributed by atoms with Crippen LogP contribution in [0.3, 0.4) is 0 Å². The molecule has 21 heteroatoms. The van der Waals surface area contributed by atoms with Crippen LogP contribution in [0.15, 0.2) is 152 Å². The molecule has 15 unspecified atom stereocenters. The van der Waals surface area contributed by atoms with Crippen molar-refractivity contribution >= 4 is 24.0 Å². The zero-order chi connectivity index (χ0) is 69.9. The molecule has 3 heterocycles. The van der Waals surface area contributed by atoms with Crippen LogP contribution in [0.5, 0.6) is 0 Å². The maximum absolute atomic E-state index is 14.9. The van der Waals surface area contributed by atoms with Gasteiger partial charge in [0.05, 0.1) is 81.8 Å². The molecular formula is C76H101NO20. The fourth-order valence-electron chi connectivity index (χ4n) is 10.7. The van der Waals surface area contributed by atoms with Crippen molar-refractivity contribution in [1.82, 2.24) is 5.32 Å². The maximum atomic E-state index is 14.9. The summed E-state index contributed by atoms with van der Waals surface area (Å²) in [6.07, 6.45) is -19.3. The van der Waals surface area contributed by atoms with E-state index in [1.807, 2.05) is 152 Å². The maximum Gasteiger partial charge on any atom is 0.407 e. The standard InChI is InChI=1S/C76H101NO20/c1-49-58(78)55(46-83-41-50-29-19-14-20-30-50)89-67(59(49)94-69(79)73(2,3)4)92-61-57(48-85-43-52-33-23-16-24-34-52)91-68(65(96-71(81)75(8,9)10)63(61)88-45-54-37-27-18-28-38-54)93-60-56(47-84-42-51-31-21-15-22-32-51)90-66(86-40-39-77-72(82)97-76(11,12)13)64(95-70(80)74(5,6)7)62(60)87-44-53-35-25-17-26-36-53/h14-38,49,55-68,78H,39-48H2,1-13H3,(H,77,82). The molecule has 97 heavy (non-hydrogen) atoms. The van der Waals surface area contributed by atoms with Gasteiger partial charge in [0.15, 0.2) is 37.2 Å². The lowest BCUT2D eigenvalue weighted by molar-refractivity contribution is -0.385. The molecule has 3 fully saturated rings. The average Bonchev–Trinajstić information content (AvgIpc) is 0.766. The van der Waals surface area contributed by atoms with Gasteiger partial charge in [-0.3, -0.25) is 14.4 Å². The molecule has 3 aliphatic rings. The summed E-state index contributed by atoms with van der Waals surface area (Å²) in [5.74, 6) is -2.71. The monoisotopic (exact) mass is 1350 g/mol. The highest BCUT2D eigenvalue weighted by Gasteiger charge is 2.58. The summed E-state index contributed by atoms with van der Waals surface area (Å²) < 4.78 is 101. The van der Waals surface area contributed by atoms with Gasteiger partial charge >= 0.3 is 24.0 Å². The van der Waals surface area contributed by atoms with Crippen LogP contribution in [0.1, 0.15) is 118 Å². The largest absolute Gasteiger partial charge is 0.456 e. The minimum atomic E-state index is -1.64. The van der Waals surface area contributed by atoms with Gasteiger partial charge in [-0.15, -0.1) is 0 Å². The van der Waals surface area contributed by atoms with Crippen LogP contribution >= 0.6 is 0 Å². The molecule has 3 saturated heterocycles. The topological polar surface area (TPSA) is 239 Å². The Morgan fingerprint density at radius 3 is 1.09 bits per heavy atom. The Balaban J connectivity index is 1.27. The number of alkyl carbamates (subject to hydrolysis) is 1. The van der Waals surface area contributed by atoms with Gasteiger partial charge in [0.1, 0.15) is 48.3 Å². The van der Waals surface area contributed by atoms with Crippen LogP contribution in [0.2, 0.25) is 0 Å². The van der Waals surface area contributed by atoms with Gasteiger partial charge < -0.3 is 81.5 Å². The second kappa shape index (κ2) is 35.4. The molecule has 21 nitrogen and oxygen atoms in total. The van der Waals surface area contributed by atoms with E-state index < -0.39 is 138 Å². The molecule has 15 atom stereocenters. The molecule has 5 aromatic rings. The molecule has 0 bridgehead atoms. The van der Waals surface area contributed by atoms with E-state index in [0.29, 0.717) is 0 Å². The summed E-state index contributed by atoms with van der Waals surface area (Å²) in [5, 5.41) is 14.8. The molecule has 0 saturated carbocycles. The third-order valence-electron chi connectivity index (χ3n) is 16.2. The van der Waals surface area contributed by atoms with E-state index in [0.717, 1.165) is 27.8 Å². The predicted octanol–water partition coefficient (Wildman–Crippen LogP) is 11.2. The van der Waals surface area contributed by atoms with E-state index >= 15 is 0 Å². The number of nitrogens with one attached hydrogen (secondary N) is 1. The highest BCUT2D eigenvalue weighted by Crippen LogP contribution is 2.40. The minimum absolute atomic E-state index is 0.0364. The molecular weight excluding hydrogens is 1250 g/mol. The van der Waals surface area contributed by atoms with E-state index in [9.17, 15) is 24.3 Å². The number of carbonyl (C=O) groups is 4. The second-order valence-electron chi connectivity index (χ2n) is 28.9. The van der Waals surface area contributed by atoms with Gasteiger partial charge in [0, 0.05) is 12.5 Å². The number of hydrogen-bond acceptors (Lipinski definition) is 20. The van der Waals surface area contributed by atoms with Crippen molar-refractivity contribution in [3.63, 3.8) is 0 Å². The van der Waals surface area contributed by atoms with E-state index in [2.05, 4.69) is 5.32 Å². The van der Waals surface area contributed by atoms with Crippen LogP contribution in [-0.4, -0.2) is 154 Å². The Morgan fingerprint density at radius 2 is 0.722 bits per heavy atom. The van der Waals surface area contributed by atoms with Gasteiger partial charge in [-0.05, 0) is 111 Å². The lowest BCUT2D eigenvalue weighted by atomic mass is 9.89. The van der Waals surface area contributed by atoms with Crippen molar-refractivity contribution in [3.05, 3.63) is 179 Å². The van der Waals surface area contributed by atoms with Crippen molar-refractivity contribution < 1.29 is 95.3 Å². The van der Waals surface area contributed by atoms with Crippen LogP contribution in [-0.2, 0) is 118 Å². The molecule has 530 valence electrons. The third kappa shape index (κ3) is 23.2. The summed E-state index contributed by atoms with van der Waals surface area (Å²) in [7, 11) is 0. The fraction of sp³-hybridized carbons (Fsp3) is 0.553. The number of aliphatic hydroxyl groups is 1. The first-order chi connectivity index (χ1) is 46.1. The first kappa shape index (κ1) is 76.1. The molecule has 2 N–H and O–H groups in total. The number of rotatable bonds is 29. The number of aliphatic hydroxyl groups excluding tert-OH is 1. The number of esters is 3. The molecule has 0 radical (unpaired) electrons. The summed E-state index contributed by atoms with van der Waals surface area (Å²) in [6, 6.07) is 47.4. The van der Waals surface area contributed by atoms with Crippen LogP contribution in [0, 0.1) is 22.2 Å². The Bertz CT molecular complexity index is 3170. The Kier molecular flexibility index (Phi) is 27.7. The van der Waals surface area contributed by atoms with Gasteiger partial charge in [0.25, 0.3) is 0 Å². The Hall–Kier alpha value is -6.70. The van der Waals surface area contributed by atoms with Gasteiger partial charge in [-0.1, -0.05) is 159 Å². The molecule has 0 spiro atoms. The summed E-state index contributed by atoms with van der Waals surface area (Å²) >= 11 is 0. The summed E-state index contributed by atoms with van der Waals surface area (Å²) in [4.78, 5) is 56.5. The van der Waals surface area contributed by atoms with Crippen molar-refractivity contribution in [1.29, 1.82) is 0 Å². The summed E-state index contributed by atoms with van der Waals surface area (Å²) in [6.45, 7) is 22.1. The molecule has 3 aliphatic heterocycles. The van der Waals surface area contributed by atoms with Crippen molar-refractivity contribution in [3.8, 4) is 0 Å². The van der Waals surface area contributed by atoms with Crippen LogP contribution in [0.4, 0.5) is 4.79 Å². The SMILES string of the molecule is CC1C(O)C(COCc2ccccc2)OC(OC2C(COCc3ccccc3)OC(OC3C(COCc4ccccc4)OC(OCCNC(=O)OC(C)(C)C)C(OC(=O)C(C)(C)C)C3OCc3ccccc3)C(OC(=O)C(C)(C)C)C2OCc2ccccc2)C1OC(=O)C(C)(C)C. The van der Waals surface area contributed by atoms with Gasteiger partial charge in [-0.2, -0.15) is 0 Å². The zero-order valence-electron chi connectivity index (χ0n) is 58.4. The third-order valence-corrected chi connectivity index (χ3v) is 16.2. The molecule has 1 amide bonds. The fourth-order valence-corrected chi connectivity index (χ4v) is 10.7. The lowest BCUT2D eigenvalue weighted by Gasteiger charge is -2.51. The molecule has 0 aromatic heterocycles. The van der Waals surface area contributed by atoms with Gasteiger partial charge in [-0.25, -0.2) is 4.79 Å². The first-order valence-electron chi connectivity index (χ1n) is 33.4. The van der Waals surface area contributed by atoms with Crippen molar-refractivity contribution in [2.24, 2.45) is 22.2 Å². The predicted molar refractivity (Wildman–Crippen MR) is 357 cm³/mol. The van der Waals surface area contributed by atoms with Crippen molar-refractivity contribution in [2.45, 2.75) is 215 Å². The minimum Gasteiger partial charge on any atom is -0.456 e. The molecule has 5 aromatic carbocycles. The first-order valence-corrected chi connectivity index (χ1v) is 33.4. The van der Waals surface area contributed by atoms with E-state index in [4.69, 9.17) is 71.1 Å². The van der Waals surface area contributed by atoms with Gasteiger partial charge in [0.2, 0.25) is 0 Å². The van der Waals surface area contributed by atoms with Crippen molar-refractivity contribution in [2.75, 3.05) is 33.0 Å². The lowest BCUT2D eigenvalue weighted by Crippen LogP contribution is -2.68. The smallest absolute Gasteiger partial charge is 0.407 e. The summed E-state index contributed by atoms with van der Waals surface area (Å²) in [5.41, 5.74) is 0.0868. The highest BCUT2D eigenvalue weighted by atomic mass is 16.8. The average molecular weight is 1350 g/mol. The number of ether oxygens (including phenoxy) is 15. The Labute approximate surface area is 571 Å². The zero-order valence-corrected chi connectivity index (χ0v) is 58.4. The second-order valence-corrected chi connectivity index (χ2v) is 28.9. The molecule has 8 rings (SSSR count). The van der Waals surface area contributed by atoms with E-state index in [-0.39, 0.29) is 66.0 Å². The van der Waals surface area contributed by atoms with E-state index in [1.54, 1.807) is 90.0 Å².